The number of carbonyl (C=O) groups excluding carboxylic acids is 1. The molecule has 2 heterocycles. The van der Waals surface area contributed by atoms with E-state index in [4.69, 9.17) is 19.9 Å². The highest BCUT2D eigenvalue weighted by molar-refractivity contribution is 5.94. The quantitative estimate of drug-likeness (QED) is 0.299. The highest BCUT2D eigenvalue weighted by Gasteiger charge is 2.25. The molecule has 0 aliphatic rings. The molecule has 0 radical (unpaired) electrons. The van der Waals surface area contributed by atoms with E-state index in [9.17, 15) is 4.79 Å². The van der Waals surface area contributed by atoms with Crippen LogP contribution in [-0.2, 0) is 6.54 Å². The van der Waals surface area contributed by atoms with E-state index in [0.717, 1.165) is 13.1 Å². The second kappa shape index (κ2) is 11.1. The molecule has 14 nitrogen and oxygen atoms in total. The molecule has 0 aliphatic carbocycles. The zero-order valence-electron chi connectivity index (χ0n) is 19.6. The lowest BCUT2D eigenvalue weighted by Gasteiger charge is -2.18. The van der Waals surface area contributed by atoms with Crippen molar-refractivity contribution in [2.75, 3.05) is 40.2 Å². The van der Waals surface area contributed by atoms with E-state index >= 15 is 0 Å². The van der Waals surface area contributed by atoms with Crippen LogP contribution in [0.1, 0.15) is 35.6 Å². The molecular formula is C20H27N9O5. The van der Waals surface area contributed by atoms with Crippen LogP contribution < -0.4 is 25.4 Å². The van der Waals surface area contributed by atoms with E-state index in [1.165, 1.54) is 32.2 Å². The highest BCUT2D eigenvalue weighted by Crippen LogP contribution is 2.37. The van der Waals surface area contributed by atoms with Crippen molar-refractivity contribution < 1.29 is 23.6 Å². The summed E-state index contributed by atoms with van der Waals surface area (Å²) in [6, 6.07) is 3.39. The van der Waals surface area contributed by atoms with Crippen LogP contribution in [0.5, 0.6) is 17.2 Å². The van der Waals surface area contributed by atoms with Gasteiger partial charge in [-0.05, 0) is 35.5 Å². The Labute approximate surface area is 195 Å². The first-order valence-electron chi connectivity index (χ1n) is 10.4. The molecule has 0 spiro atoms. The van der Waals surface area contributed by atoms with E-state index < -0.39 is 5.91 Å². The number of nitrogens with one attached hydrogen (secondary N) is 1. The van der Waals surface area contributed by atoms with Crippen molar-refractivity contribution >= 4 is 17.9 Å². The number of methoxy groups -OCH3 is 3. The molecule has 3 aromatic rings. The van der Waals surface area contributed by atoms with Crippen LogP contribution in [0, 0.1) is 0 Å². The van der Waals surface area contributed by atoms with Crippen LogP contribution >= 0.6 is 0 Å². The minimum atomic E-state index is -0.563. The third-order valence-electron chi connectivity index (χ3n) is 5.01. The molecule has 182 valence electrons. The average Bonchev–Trinajstić information content (AvgIpc) is 3.46. The van der Waals surface area contributed by atoms with E-state index in [1.54, 1.807) is 12.1 Å². The second-order valence-corrected chi connectivity index (χ2v) is 6.89. The number of ether oxygens (including phenoxy) is 3. The predicted octanol–water partition coefficient (Wildman–Crippen LogP) is 0.864. The molecule has 0 fully saturated rings. The van der Waals surface area contributed by atoms with E-state index in [2.05, 4.69) is 40.7 Å². The van der Waals surface area contributed by atoms with Gasteiger partial charge in [0.05, 0.1) is 33.2 Å². The molecule has 0 unspecified atom stereocenters. The van der Waals surface area contributed by atoms with Crippen LogP contribution in [0.4, 0.5) is 5.82 Å². The summed E-state index contributed by atoms with van der Waals surface area (Å²) in [7, 11) is 4.54. The summed E-state index contributed by atoms with van der Waals surface area (Å²) in [5.74, 6) is 0.973. The number of carbonyl (C=O) groups is 1. The number of hydrogen-bond donors (Lipinski definition) is 2. The topological polar surface area (TPSA) is 168 Å². The Kier molecular flexibility index (Phi) is 7.97. The normalized spacial score (nSPS) is 11.2. The van der Waals surface area contributed by atoms with Crippen molar-refractivity contribution in [1.29, 1.82) is 0 Å². The third-order valence-corrected chi connectivity index (χ3v) is 5.01. The van der Waals surface area contributed by atoms with Gasteiger partial charge < -0.3 is 19.9 Å². The molecule has 0 saturated carbocycles. The summed E-state index contributed by atoms with van der Waals surface area (Å²) < 4.78 is 22.0. The van der Waals surface area contributed by atoms with Crippen molar-refractivity contribution in [3.63, 3.8) is 0 Å². The fourth-order valence-corrected chi connectivity index (χ4v) is 3.18. The highest BCUT2D eigenvalue weighted by atomic mass is 16.6. The Hall–Kier alpha value is -4.20. The van der Waals surface area contributed by atoms with Crippen LogP contribution in [0.2, 0.25) is 0 Å². The minimum absolute atomic E-state index is 0.0260. The van der Waals surface area contributed by atoms with E-state index in [0.29, 0.717) is 35.1 Å². The number of rotatable bonds is 11. The predicted molar refractivity (Wildman–Crippen MR) is 121 cm³/mol. The van der Waals surface area contributed by atoms with Crippen LogP contribution in [0.15, 0.2) is 21.9 Å². The number of nitrogen functional groups attached to an aromatic ring is 1. The fourth-order valence-electron chi connectivity index (χ4n) is 3.18. The summed E-state index contributed by atoms with van der Waals surface area (Å²) in [5.41, 5.74) is 9.42. The maximum atomic E-state index is 12.9. The van der Waals surface area contributed by atoms with Crippen molar-refractivity contribution in [3.05, 3.63) is 29.1 Å². The second-order valence-electron chi connectivity index (χ2n) is 6.89. The van der Waals surface area contributed by atoms with Gasteiger partial charge in [0.15, 0.2) is 17.2 Å². The zero-order valence-corrected chi connectivity index (χ0v) is 19.6. The van der Waals surface area contributed by atoms with Crippen molar-refractivity contribution in [1.82, 2.24) is 35.6 Å². The smallest absolute Gasteiger partial charge is 0.293 e. The van der Waals surface area contributed by atoms with E-state index in [-0.39, 0.29) is 17.3 Å². The molecule has 0 bridgehead atoms. The maximum absolute atomic E-state index is 12.9. The first-order valence-corrected chi connectivity index (χ1v) is 10.4. The number of nitrogens with zero attached hydrogens (tertiary/aromatic N) is 7. The third kappa shape index (κ3) is 5.06. The Morgan fingerprint density at radius 3 is 2.38 bits per heavy atom. The van der Waals surface area contributed by atoms with Gasteiger partial charge in [-0.15, -0.1) is 5.10 Å². The lowest BCUT2D eigenvalue weighted by molar-refractivity contribution is 0.0948. The van der Waals surface area contributed by atoms with Gasteiger partial charge in [0.2, 0.25) is 17.4 Å². The number of benzene rings is 1. The standard InChI is InChI=1S/C20H27N9O5/c1-6-28(7-2)11-13-16(23-27-29(13)19-18(21)25-34-26-19)20(30)24-22-10-12-8-14(31-3)17(33-5)15(9-12)32-4/h8-10H,6-7,11H2,1-5H3,(H2,21,25)(H,24,30)/b22-10-. The van der Waals surface area contributed by atoms with Crippen molar-refractivity contribution in [2.24, 2.45) is 5.10 Å². The van der Waals surface area contributed by atoms with Crippen LogP contribution in [0.3, 0.4) is 0 Å². The number of amides is 1. The molecule has 0 aliphatic heterocycles. The Morgan fingerprint density at radius 2 is 1.85 bits per heavy atom. The Morgan fingerprint density at radius 1 is 1.18 bits per heavy atom. The largest absolute Gasteiger partial charge is 0.493 e. The van der Waals surface area contributed by atoms with Crippen LogP contribution in [-0.4, -0.2) is 76.7 Å². The molecule has 14 heteroatoms. The van der Waals surface area contributed by atoms with Gasteiger partial charge in [-0.25, -0.2) is 10.1 Å². The average molecular weight is 473 g/mol. The lowest BCUT2D eigenvalue weighted by atomic mass is 10.2. The molecule has 1 aromatic carbocycles. The lowest BCUT2D eigenvalue weighted by Crippen LogP contribution is -2.27. The Balaban J connectivity index is 1.87. The van der Waals surface area contributed by atoms with Gasteiger partial charge in [0.1, 0.15) is 0 Å². The molecule has 0 atom stereocenters. The summed E-state index contributed by atoms with van der Waals surface area (Å²) >= 11 is 0. The fraction of sp³-hybridized carbons (Fsp3) is 0.400. The first-order chi connectivity index (χ1) is 16.5. The van der Waals surface area contributed by atoms with Gasteiger partial charge in [-0.3, -0.25) is 9.69 Å². The van der Waals surface area contributed by atoms with Gasteiger partial charge in [-0.2, -0.15) is 9.78 Å². The van der Waals surface area contributed by atoms with Gasteiger partial charge in [0.25, 0.3) is 5.91 Å². The van der Waals surface area contributed by atoms with Crippen molar-refractivity contribution in [2.45, 2.75) is 20.4 Å². The first kappa shape index (κ1) is 24.4. The SMILES string of the molecule is CCN(CC)Cc1c(C(=O)N/N=C\c2cc(OC)c(OC)c(OC)c2)nnn1-c1nonc1N. The molecule has 34 heavy (non-hydrogen) atoms. The van der Waals surface area contributed by atoms with Gasteiger partial charge in [-0.1, -0.05) is 19.1 Å². The summed E-state index contributed by atoms with van der Waals surface area (Å²) in [4.78, 5) is 15.0. The monoisotopic (exact) mass is 473 g/mol. The number of anilines is 1. The van der Waals surface area contributed by atoms with Crippen molar-refractivity contribution in [3.8, 4) is 23.1 Å². The van der Waals surface area contributed by atoms with Gasteiger partial charge >= 0.3 is 0 Å². The molecule has 0 saturated heterocycles. The summed E-state index contributed by atoms with van der Waals surface area (Å²) in [6.07, 6.45) is 1.44. The maximum Gasteiger partial charge on any atom is 0.293 e. The number of nitrogens with two attached hydrogens (primary N) is 1. The zero-order chi connectivity index (χ0) is 24.7. The van der Waals surface area contributed by atoms with Gasteiger partial charge in [0, 0.05) is 12.1 Å². The summed E-state index contributed by atoms with van der Waals surface area (Å²) in [6.45, 7) is 5.87. The number of aromatic nitrogens is 5. The summed E-state index contributed by atoms with van der Waals surface area (Å²) in [5, 5.41) is 19.4. The number of hydrazone groups is 1. The minimum Gasteiger partial charge on any atom is -0.493 e. The molecule has 3 rings (SSSR count). The Bertz CT molecular complexity index is 1130. The molecular weight excluding hydrogens is 446 g/mol. The van der Waals surface area contributed by atoms with E-state index in [1.807, 2.05) is 13.8 Å². The molecule has 2 aromatic heterocycles. The number of hydrogen-bond acceptors (Lipinski definition) is 12. The molecule has 1 amide bonds. The molecule has 3 N–H and O–H groups in total. The van der Waals surface area contributed by atoms with Crippen LogP contribution in [0.25, 0.3) is 5.82 Å².